The van der Waals surface area contributed by atoms with Crippen LogP contribution in [0.25, 0.3) is 0 Å². The van der Waals surface area contributed by atoms with Gasteiger partial charge in [-0.25, -0.2) is 0 Å². The van der Waals surface area contributed by atoms with Crippen molar-refractivity contribution < 1.29 is 9.90 Å². The van der Waals surface area contributed by atoms with Gasteiger partial charge in [-0.3, -0.25) is 4.79 Å². The minimum atomic E-state index is 0.0839. The summed E-state index contributed by atoms with van der Waals surface area (Å²) in [5.74, 6) is 2.62. The summed E-state index contributed by atoms with van der Waals surface area (Å²) >= 11 is 1.88. The Labute approximate surface area is 102 Å². The van der Waals surface area contributed by atoms with Crippen molar-refractivity contribution in [1.82, 2.24) is 4.90 Å². The lowest BCUT2D eigenvalue weighted by Gasteiger charge is -2.30. The van der Waals surface area contributed by atoms with E-state index >= 15 is 0 Å². The Morgan fingerprint density at radius 2 is 2.19 bits per heavy atom. The zero-order valence-corrected chi connectivity index (χ0v) is 10.5. The third kappa shape index (κ3) is 2.72. The van der Waals surface area contributed by atoms with Gasteiger partial charge in [0.15, 0.2) is 0 Å². The fraction of sp³-hybridized carbons (Fsp3) is 0.917. The molecule has 2 aliphatic heterocycles. The van der Waals surface area contributed by atoms with E-state index in [0.29, 0.717) is 5.91 Å². The lowest BCUT2D eigenvalue weighted by Crippen LogP contribution is -2.45. The van der Waals surface area contributed by atoms with E-state index < -0.39 is 0 Å². The molecule has 0 aliphatic carbocycles. The molecule has 1 amide bonds. The number of carbonyl (C=O) groups excluding carboxylic acids is 1. The van der Waals surface area contributed by atoms with E-state index in [1.165, 1.54) is 6.42 Å². The quantitative estimate of drug-likeness (QED) is 0.799. The van der Waals surface area contributed by atoms with Crippen LogP contribution in [-0.2, 0) is 4.79 Å². The van der Waals surface area contributed by atoms with Crippen LogP contribution in [0, 0.1) is 5.92 Å². The average molecular weight is 243 g/mol. The second-order valence-corrected chi connectivity index (χ2v) is 5.93. The van der Waals surface area contributed by atoms with Crippen molar-refractivity contribution in [3.05, 3.63) is 0 Å². The molecule has 0 radical (unpaired) electrons. The van der Waals surface area contributed by atoms with Crippen LogP contribution >= 0.6 is 11.8 Å². The molecule has 0 aromatic rings. The Balaban J connectivity index is 2.00. The first-order valence-corrected chi connectivity index (χ1v) is 7.47. The number of thioether (sulfide) groups is 1. The van der Waals surface area contributed by atoms with Crippen LogP contribution in [0.3, 0.4) is 0 Å². The van der Waals surface area contributed by atoms with Gasteiger partial charge in [-0.2, -0.15) is 11.8 Å². The first kappa shape index (κ1) is 12.2. The van der Waals surface area contributed by atoms with E-state index in [0.717, 1.165) is 43.7 Å². The molecule has 92 valence electrons. The van der Waals surface area contributed by atoms with Crippen molar-refractivity contribution in [3.8, 4) is 0 Å². The molecule has 2 aliphatic rings. The third-order valence-corrected chi connectivity index (χ3v) is 4.81. The standard InChI is InChI=1S/C12H21NO2S/c14-8-11-4-2-1-3-6-13(11)12(15)10-5-7-16-9-10/h10-11,14H,1-9H2. The fourth-order valence-corrected chi connectivity index (χ4v) is 3.83. The molecule has 2 fully saturated rings. The van der Waals surface area contributed by atoms with Crippen LogP contribution in [-0.4, -0.2) is 46.6 Å². The zero-order chi connectivity index (χ0) is 11.4. The second-order valence-electron chi connectivity index (χ2n) is 4.78. The summed E-state index contributed by atoms with van der Waals surface area (Å²) in [4.78, 5) is 14.3. The minimum Gasteiger partial charge on any atom is -0.394 e. The summed E-state index contributed by atoms with van der Waals surface area (Å²) in [5.41, 5.74) is 0. The van der Waals surface area contributed by atoms with E-state index in [-0.39, 0.29) is 18.6 Å². The smallest absolute Gasteiger partial charge is 0.226 e. The summed E-state index contributed by atoms with van der Waals surface area (Å²) in [6.45, 7) is 0.983. The molecule has 0 aromatic carbocycles. The molecule has 2 rings (SSSR count). The number of aliphatic hydroxyl groups excluding tert-OH is 1. The molecule has 0 bridgehead atoms. The Morgan fingerprint density at radius 1 is 1.31 bits per heavy atom. The summed E-state index contributed by atoms with van der Waals surface area (Å²) in [6.07, 6.45) is 5.44. The molecule has 0 spiro atoms. The molecule has 2 heterocycles. The first-order chi connectivity index (χ1) is 7.83. The van der Waals surface area contributed by atoms with Crippen LogP contribution in [0.5, 0.6) is 0 Å². The van der Waals surface area contributed by atoms with Gasteiger partial charge in [0.1, 0.15) is 0 Å². The van der Waals surface area contributed by atoms with E-state index in [2.05, 4.69) is 0 Å². The van der Waals surface area contributed by atoms with Crippen LogP contribution < -0.4 is 0 Å². The lowest BCUT2D eigenvalue weighted by atomic mass is 10.1. The molecule has 0 aromatic heterocycles. The maximum Gasteiger partial charge on any atom is 0.226 e. The van der Waals surface area contributed by atoms with Gasteiger partial charge in [-0.1, -0.05) is 12.8 Å². The van der Waals surface area contributed by atoms with Gasteiger partial charge in [0.05, 0.1) is 12.6 Å². The normalized spacial score (nSPS) is 31.4. The van der Waals surface area contributed by atoms with E-state index in [1.807, 2.05) is 16.7 Å². The van der Waals surface area contributed by atoms with Gasteiger partial charge < -0.3 is 10.0 Å². The maximum atomic E-state index is 12.3. The van der Waals surface area contributed by atoms with Crippen molar-refractivity contribution in [2.45, 2.75) is 38.1 Å². The van der Waals surface area contributed by atoms with Crippen LogP contribution in [0.15, 0.2) is 0 Å². The van der Waals surface area contributed by atoms with Gasteiger partial charge in [-0.15, -0.1) is 0 Å². The predicted molar refractivity (Wildman–Crippen MR) is 66.5 cm³/mol. The Hall–Kier alpha value is -0.220. The SMILES string of the molecule is O=C(C1CCSC1)N1CCCCCC1CO. The van der Waals surface area contributed by atoms with Crippen LogP contribution in [0.2, 0.25) is 0 Å². The van der Waals surface area contributed by atoms with Crippen LogP contribution in [0.1, 0.15) is 32.1 Å². The highest BCUT2D eigenvalue weighted by Crippen LogP contribution is 2.27. The number of carbonyl (C=O) groups is 1. The Kier molecular flexibility index (Phi) is 4.53. The van der Waals surface area contributed by atoms with Gasteiger partial charge in [0.2, 0.25) is 5.91 Å². The number of nitrogens with zero attached hydrogens (tertiary/aromatic N) is 1. The average Bonchev–Trinajstić information content (AvgIpc) is 2.73. The number of hydrogen-bond acceptors (Lipinski definition) is 3. The van der Waals surface area contributed by atoms with Crippen molar-refractivity contribution in [2.24, 2.45) is 5.92 Å². The van der Waals surface area contributed by atoms with Gasteiger partial charge in [-0.05, 0) is 25.0 Å². The molecule has 1 N–H and O–H groups in total. The fourth-order valence-electron chi connectivity index (χ4n) is 2.62. The van der Waals surface area contributed by atoms with Crippen molar-refractivity contribution >= 4 is 17.7 Å². The first-order valence-electron chi connectivity index (χ1n) is 6.32. The van der Waals surface area contributed by atoms with E-state index in [1.54, 1.807) is 0 Å². The molecule has 2 saturated heterocycles. The van der Waals surface area contributed by atoms with Crippen LogP contribution in [0.4, 0.5) is 0 Å². The molecular formula is C12H21NO2S. The van der Waals surface area contributed by atoms with Gasteiger partial charge in [0, 0.05) is 18.2 Å². The Bertz CT molecular complexity index is 241. The summed E-state index contributed by atoms with van der Waals surface area (Å²) in [6, 6.07) is 0.0839. The van der Waals surface area contributed by atoms with Crippen molar-refractivity contribution in [3.63, 3.8) is 0 Å². The lowest BCUT2D eigenvalue weighted by molar-refractivity contribution is -0.137. The van der Waals surface area contributed by atoms with E-state index in [4.69, 9.17) is 0 Å². The molecule has 2 unspecified atom stereocenters. The highest BCUT2D eigenvalue weighted by molar-refractivity contribution is 7.99. The number of likely N-dealkylation sites (tertiary alicyclic amines) is 1. The van der Waals surface area contributed by atoms with Gasteiger partial charge >= 0.3 is 0 Å². The van der Waals surface area contributed by atoms with Crippen molar-refractivity contribution in [1.29, 1.82) is 0 Å². The largest absolute Gasteiger partial charge is 0.394 e. The zero-order valence-electron chi connectivity index (χ0n) is 9.73. The highest BCUT2D eigenvalue weighted by atomic mass is 32.2. The number of amides is 1. The minimum absolute atomic E-state index is 0.0839. The molecule has 16 heavy (non-hydrogen) atoms. The van der Waals surface area contributed by atoms with E-state index in [9.17, 15) is 9.90 Å². The summed E-state index contributed by atoms with van der Waals surface area (Å²) < 4.78 is 0. The Morgan fingerprint density at radius 3 is 2.88 bits per heavy atom. The molecule has 4 heteroatoms. The number of aliphatic hydroxyl groups is 1. The maximum absolute atomic E-state index is 12.3. The predicted octanol–water partition coefficient (Wildman–Crippen LogP) is 1.50. The van der Waals surface area contributed by atoms with Gasteiger partial charge in [0.25, 0.3) is 0 Å². The monoisotopic (exact) mass is 243 g/mol. The third-order valence-electron chi connectivity index (χ3n) is 3.65. The molecule has 2 atom stereocenters. The second kappa shape index (κ2) is 5.92. The summed E-state index contributed by atoms with van der Waals surface area (Å²) in [5, 5.41) is 9.38. The molecule has 3 nitrogen and oxygen atoms in total. The summed E-state index contributed by atoms with van der Waals surface area (Å²) in [7, 11) is 0. The number of hydrogen-bond donors (Lipinski definition) is 1. The highest BCUT2D eigenvalue weighted by Gasteiger charge is 2.31. The molecular weight excluding hydrogens is 222 g/mol. The number of rotatable bonds is 2. The van der Waals surface area contributed by atoms with Crippen molar-refractivity contribution in [2.75, 3.05) is 24.7 Å². The topological polar surface area (TPSA) is 40.5 Å². The molecule has 0 saturated carbocycles.